The van der Waals surface area contributed by atoms with Crippen molar-refractivity contribution in [3.05, 3.63) is 53.6 Å². The molecule has 0 spiro atoms. The van der Waals surface area contributed by atoms with Crippen molar-refractivity contribution < 1.29 is 19.3 Å². The smallest absolute Gasteiger partial charge is 0.173 e. The highest BCUT2D eigenvalue weighted by Gasteiger charge is 2.23. The van der Waals surface area contributed by atoms with Crippen LogP contribution in [0.5, 0.6) is 17.2 Å². The highest BCUT2D eigenvalue weighted by molar-refractivity contribution is 5.44. The molecule has 154 valence electrons. The number of hydrogen-bond donors (Lipinski definition) is 2. The third-order valence-corrected chi connectivity index (χ3v) is 4.78. The summed E-state index contributed by atoms with van der Waals surface area (Å²) in [6.07, 6.45) is 0.578. The van der Waals surface area contributed by atoms with E-state index in [-0.39, 0.29) is 5.41 Å². The Hall–Kier alpha value is -2.24. The Balaban J connectivity index is 1.98. The molecule has 5 heteroatoms. The first-order chi connectivity index (χ1) is 13.3. The molecular weight excluding hydrogens is 354 g/mol. The van der Waals surface area contributed by atoms with Gasteiger partial charge >= 0.3 is 0 Å². The van der Waals surface area contributed by atoms with Crippen LogP contribution in [-0.4, -0.2) is 31.7 Å². The van der Waals surface area contributed by atoms with E-state index >= 15 is 0 Å². The van der Waals surface area contributed by atoms with Crippen molar-refractivity contribution in [3.8, 4) is 17.2 Å². The summed E-state index contributed by atoms with van der Waals surface area (Å²) in [7, 11) is 3.30. The van der Waals surface area contributed by atoms with Crippen LogP contribution in [-0.2, 0) is 11.8 Å². The van der Waals surface area contributed by atoms with Crippen LogP contribution < -0.4 is 19.9 Å². The molecule has 0 aliphatic rings. The minimum atomic E-state index is -0.799. The van der Waals surface area contributed by atoms with Crippen molar-refractivity contribution in [2.45, 2.75) is 57.8 Å². The van der Waals surface area contributed by atoms with Crippen molar-refractivity contribution in [1.82, 2.24) is 0 Å². The number of ether oxygens (including phenoxy) is 3. The van der Waals surface area contributed by atoms with Gasteiger partial charge in [0, 0.05) is 5.56 Å². The summed E-state index contributed by atoms with van der Waals surface area (Å²) in [5.41, 5.74) is 8.11. The first kappa shape index (κ1) is 22.1. The molecule has 3 N–H and O–H groups in total. The van der Waals surface area contributed by atoms with Gasteiger partial charge in [0.25, 0.3) is 0 Å². The first-order valence-electron chi connectivity index (χ1n) is 9.67. The van der Waals surface area contributed by atoms with Crippen LogP contribution in [0.25, 0.3) is 0 Å². The molecule has 2 aromatic carbocycles. The molecule has 5 nitrogen and oxygen atoms in total. The zero-order valence-electron chi connectivity index (χ0n) is 17.6. The Bertz CT molecular complexity index is 755. The molecule has 2 rings (SSSR count). The summed E-state index contributed by atoms with van der Waals surface area (Å²) in [6, 6.07) is 13.6. The van der Waals surface area contributed by atoms with E-state index in [1.807, 2.05) is 42.5 Å². The van der Waals surface area contributed by atoms with Crippen LogP contribution >= 0.6 is 0 Å². The maximum Gasteiger partial charge on any atom is 0.173 e. The van der Waals surface area contributed by atoms with E-state index in [0.29, 0.717) is 12.2 Å². The van der Waals surface area contributed by atoms with Crippen molar-refractivity contribution in [3.63, 3.8) is 0 Å². The minimum Gasteiger partial charge on any atom is -0.497 e. The van der Waals surface area contributed by atoms with Gasteiger partial charge in [0.1, 0.15) is 23.4 Å². The Morgan fingerprint density at radius 2 is 1.71 bits per heavy atom. The Morgan fingerprint density at radius 3 is 2.36 bits per heavy atom. The van der Waals surface area contributed by atoms with Crippen LogP contribution in [0.4, 0.5) is 0 Å². The standard InChI is InChI=1S/C23H33NO4/c1-23(2,3)18-15-17(26-4)13-14-21(18)28-22(24)19(25)11-8-10-16-9-6-7-12-20(16)27-5/h6-7,9,12-15,19,22,25H,8,10-11,24H2,1-5H3. The second-order valence-corrected chi connectivity index (χ2v) is 7.97. The molecule has 2 aromatic rings. The number of hydrogen-bond acceptors (Lipinski definition) is 5. The first-order valence-corrected chi connectivity index (χ1v) is 9.67. The molecule has 0 heterocycles. The van der Waals surface area contributed by atoms with Crippen molar-refractivity contribution in [1.29, 1.82) is 0 Å². The van der Waals surface area contributed by atoms with Gasteiger partial charge in [-0.2, -0.15) is 0 Å². The number of aliphatic hydroxyl groups excluding tert-OH is 1. The summed E-state index contributed by atoms with van der Waals surface area (Å²) in [4.78, 5) is 0. The average Bonchev–Trinajstić information content (AvgIpc) is 2.67. The van der Waals surface area contributed by atoms with Crippen molar-refractivity contribution in [2.75, 3.05) is 14.2 Å². The van der Waals surface area contributed by atoms with Gasteiger partial charge in [-0.3, -0.25) is 5.73 Å². The predicted octanol–water partition coefficient (Wildman–Crippen LogP) is 4.05. The van der Waals surface area contributed by atoms with E-state index in [1.54, 1.807) is 14.2 Å². The Kier molecular flexibility index (Phi) is 7.72. The molecule has 0 aliphatic heterocycles. The number of rotatable bonds is 9. The minimum absolute atomic E-state index is 0.140. The lowest BCUT2D eigenvalue weighted by Crippen LogP contribution is -2.40. The average molecular weight is 388 g/mol. The summed E-state index contributed by atoms with van der Waals surface area (Å²) in [5.74, 6) is 2.30. The SMILES string of the molecule is COc1ccc(OC(N)C(O)CCCc2ccccc2OC)c(C(C)(C)C)c1. The fourth-order valence-corrected chi connectivity index (χ4v) is 3.13. The van der Waals surface area contributed by atoms with Crippen LogP contribution in [0, 0.1) is 0 Å². The number of methoxy groups -OCH3 is 2. The fraction of sp³-hybridized carbons (Fsp3) is 0.478. The maximum absolute atomic E-state index is 10.5. The van der Waals surface area contributed by atoms with Gasteiger partial charge in [0.15, 0.2) is 6.23 Å². The van der Waals surface area contributed by atoms with E-state index in [9.17, 15) is 5.11 Å². The monoisotopic (exact) mass is 387 g/mol. The Labute approximate surface area is 168 Å². The normalized spacial score (nSPS) is 13.7. The van der Waals surface area contributed by atoms with Gasteiger partial charge in [0.2, 0.25) is 0 Å². The topological polar surface area (TPSA) is 73.9 Å². The summed E-state index contributed by atoms with van der Waals surface area (Å²) in [6.45, 7) is 6.30. The highest BCUT2D eigenvalue weighted by Crippen LogP contribution is 2.35. The lowest BCUT2D eigenvalue weighted by atomic mass is 9.86. The van der Waals surface area contributed by atoms with Crippen LogP contribution in [0.15, 0.2) is 42.5 Å². The van der Waals surface area contributed by atoms with Crippen LogP contribution in [0.1, 0.15) is 44.7 Å². The van der Waals surface area contributed by atoms with E-state index < -0.39 is 12.3 Å². The maximum atomic E-state index is 10.5. The lowest BCUT2D eigenvalue weighted by molar-refractivity contribution is 0.0324. The molecule has 0 fully saturated rings. The molecule has 0 aromatic heterocycles. The second-order valence-electron chi connectivity index (χ2n) is 7.97. The Morgan fingerprint density at radius 1 is 1.00 bits per heavy atom. The number of aliphatic hydroxyl groups is 1. The third kappa shape index (κ3) is 5.88. The van der Waals surface area contributed by atoms with E-state index in [0.717, 1.165) is 35.5 Å². The molecule has 0 radical (unpaired) electrons. The van der Waals surface area contributed by atoms with Gasteiger partial charge in [-0.25, -0.2) is 0 Å². The van der Waals surface area contributed by atoms with Gasteiger partial charge in [0.05, 0.1) is 14.2 Å². The second kappa shape index (κ2) is 9.80. The zero-order chi connectivity index (χ0) is 20.7. The van der Waals surface area contributed by atoms with E-state index in [1.165, 1.54) is 0 Å². The summed E-state index contributed by atoms with van der Waals surface area (Å²) < 4.78 is 16.6. The number of aryl methyl sites for hydroxylation is 1. The highest BCUT2D eigenvalue weighted by atomic mass is 16.5. The van der Waals surface area contributed by atoms with Crippen LogP contribution in [0.3, 0.4) is 0 Å². The van der Waals surface area contributed by atoms with Crippen LogP contribution in [0.2, 0.25) is 0 Å². The number of nitrogens with two attached hydrogens (primary N) is 1. The zero-order valence-corrected chi connectivity index (χ0v) is 17.6. The lowest BCUT2D eigenvalue weighted by Gasteiger charge is -2.27. The molecule has 0 aliphatic carbocycles. The molecule has 0 saturated heterocycles. The molecule has 0 saturated carbocycles. The largest absolute Gasteiger partial charge is 0.497 e. The molecular formula is C23H33NO4. The molecule has 0 bridgehead atoms. The number of benzene rings is 2. The van der Waals surface area contributed by atoms with E-state index in [4.69, 9.17) is 19.9 Å². The van der Waals surface area contributed by atoms with Gasteiger partial charge in [-0.15, -0.1) is 0 Å². The van der Waals surface area contributed by atoms with Gasteiger partial charge < -0.3 is 19.3 Å². The molecule has 2 unspecified atom stereocenters. The van der Waals surface area contributed by atoms with Crippen molar-refractivity contribution in [2.24, 2.45) is 5.73 Å². The van der Waals surface area contributed by atoms with E-state index in [2.05, 4.69) is 20.8 Å². The molecule has 28 heavy (non-hydrogen) atoms. The molecule has 0 amide bonds. The fourth-order valence-electron chi connectivity index (χ4n) is 3.13. The van der Waals surface area contributed by atoms with Gasteiger partial charge in [-0.05, 0) is 54.5 Å². The summed E-state index contributed by atoms with van der Waals surface area (Å²) in [5, 5.41) is 10.5. The van der Waals surface area contributed by atoms with Gasteiger partial charge in [-0.1, -0.05) is 39.0 Å². The molecule has 2 atom stereocenters. The van der Waals surface area contributed by atoms with Crippen molar-refractivity contribution >= 4 is 0 Å². The predicted molar refractivity (Wildman–Crippen MR) is 112 cm³/mol. The summed E-state index contributed by atoms with van der Waals surface area (Å²) >= 11 is 0. The quantitative estimate of drug-likeness (QED) is 0.635. The number of para-hydroxylation sites is 1. The third-order valence-electron chi connectivity index (χ3n) is 4.78.